The van der Waals surface area contributed by atoms with E-state index in [1.807, 2.05) is 25.7 Å². The van der Waals surface area contributed by atoms with Crippen LogP contribution in [-0.4, -0.2) is 87.2 Å². The molecule has 0 unspecified atom stereocenters. The summed E-state index contributed by atoms with van der Waals surface area (Å²) in [5, 5.41) is 2.72. The Morgan fingerprint density at radius 3 is 2.56 bits per heavy atom. The van der Waals surface area contributed by atoms with Crippen molar-refractivity contribution in [3.8, 4) is 5.75 Å². The van der Waals surface area contributed by atoms with Crippen LogP contribution in [0.15, 0.2) is 18.2 Å². The molecule has 3 amide bonds. The maximum absolute atomic E-state index is 13.2. The molecule has 0 saturated heterocycles. The minimum absolute atomic E-state index is 0.0190. The van der Waals surface area contributed by atoms with Crippen molar-refractivity contribution >= 4 is 23.4 Å². The predicted octanol–water partition coefficient (Wildman–Crippen LogP) is 2.01. The van der Waals surface area contributed by atoms with E-state index in [0.29, 0.717) is 36.5 Å². The molecule has 0 bridgehead atoms. The number of rotatable bonds is 5. The highest BCUT2D eigenvalue weighted by atomic mass is 16.5. The van der Waals surface area contributed by atoms with Crippen LogP contribution in [0.1, 0.15) is 37.6 Å². The summed E-state index contributed by atoms with van der Waals surface area (Å²) < 4.78 is 16.6. The number of benzene rings is 1. The highest BCUT2D eigenvalue weighted by Gasteiger charge is 2.29. The fourth-order valence-electron chi connectivity index (χ4n) is 3.73. The molecule has 0 aromatic heterocycles. The highest BCUT2D eigenvalue weighted by Crippen LogP contribution is 2.27. The molecule has 9 nitrogen and oxygen atoms in total. The van der Waals surface area contributed by atoms with Crippen molar-refractivity contribution in [1.82, 2.24) is 9.80 Å². The largest absolute Gasteiger partial charge is 0.491 e. The third kappa shape index (κ3) is 6.43. The third-order valence-corrected chi connectivity index (χ3v) is 5.63. The van der Waals surface area contributed by atoms with Crippen LogP contribution in [0, 0.1) is 5.92 Å². The second kappa shape index (κ2) is 11.8. The second-order valence-electron chi connectivity index (χ2n) is 8.19. The average Bonchev–Trinajstić information content (AvgIpc) is 2.77. The van der Waals surface area contributed by atoms with E-state index in [1.54, 1.807) is 37.3 Å². The molecule has 3 atom stereocenters. The van der Waals surface area contributed by atoms with E-state index in [2.05, 4.69) is 5.32 Å². The van der Waals surface area contributed by atoms with Crippen LogP contribution in [0.25, 0.3) is 0 Å². The SMILES string of the molecule is CCC(=O)N1C[C@@H](C)[C@H](OC)CN(C)C(=O)c2ccc(NC(=O)COC)cc2OC[C@@H]1C. The Morgan fingerprint density at radius 2 is 1.94 bits per heavy atom. The van der Waals surface area contributed by atoms with E-state index >= 15 is 0 Å². The summed E-state index contributed by atoms with van der Waals surface area (Å²) in [6, 6.07) is 4.69. The van der Waals surface area contributed by atoms with Crippen molar-refractivity contribution in [2.75, 3.05) is 52.9 Å². The van der Waals surface area contributed by atoms with Crippen molar-refractivity contribution in [1.29, 1.82) is 0 Å². The van der Waals surface area contributed by atoms with Gasteiger partial charge in [0, 0.05) is 58.4 Å². The Bertz CT molecular complexity index is 815. The molecule has 0 aliphatic carbocycles. The monoisotopic (exact) mass is 449 g/mol. The molecule has 1 aliphatic rings. The number of nitrogens with one attached hydrogen (secondary N) is 1. The quantitative estimate of drug-likeness (QED) is 0.739. The maximum atomic E-state index is 13.2. The van der Waals surface area contributed by atoms with Gasteiger partial charge >= 0.3 is 0 Å². The third-order valence-electron chi connectivity index (χ3n) is 5.63. The standard InChI is InChI=1S/C23H35N3O6/c1-7-22(28)26-11-15(2)20(31-6)12-25(4)23(29)18-9-8-17(24-21(27)14-30-5)10-19(18)32-13-16(26)3/h8-10,15-16,20H,7,11-14H2,1-6H3,(H,24,27)/t15-,16+,20-/m1/s1. The molecule has 0 saturated carbocycles. The molecule has 1 aromatic rings. The molecule has 1 aromatic carbocycles. The Labute approximate surface area is 190 Å². The summed E-state index contributed by atoms with van der Waals surface area (Å²) in [7, 11) is 4.77. The number of likely N-dealkylation sites (N-methyl/N-ethyl adjacent to an activating group) is 1. The highest BCUT2D eigenvalue weighted by molar-refractivity contribution is 5.98. The van der Waals surface area contributed by atoms with Gasteiger partial charge in [0.25, 0.3) is 5.91 Å². The first-order chi connectivity index (χ1) is 15.2. The number of carbonyl (C=O) groups excluding carboxylic acids is 3. The molecular weight excluding hydrogens is 414 g/mol. The van der Waals surface area contributed by atoms with Crippen molar-refractivity contribution < 1.29 is 28.6 Å². The fraction of sp³-hybridized carbons (Fsp3) is 0.609. The van der Waals surface area contributed by atoms with E-state index in [0.717, 1.165) is 0 Å². The lowest BCUT2D eigenvalue weighted by Crippen LogP contribution is -2.48. The molecule has 2 rings (SSSR count). The normalized spacial score (nSPS) is 22.3. The second-order valence-corrected chi connectivity index (χ2v) is 8.19. The van der Waals surface area contributed by atoms with Crippen molar-refractivity contribution in [3.05, 3.63) is 23.8 Å². The van der Waals surface area contributed by atoms with Gasteiger partial charge in [-0.05, 0) is 19.1 Å². The van der Waals surface area contributed by atoms with Gasteiger partial charge in [0.2, 0.25) is 11.8 Å². The maximum Gasteiger partial charge on any atom is 0.257 e. The average molecular weight is 450 g/mol. The van der Waals surface area contributed by atoms with Gasteiger partial charge in [0.15, 0.2) is 0 Å². The summed E-state index contributed by atoms with van der Waals surface area (Å²) in [6.45, 7) is 6.76. The Kier molecular flexibility index (Phi) is 9.46. The van der Waals surface area contributed by atoms with Gasteiger partial charge in [-0.25, -0.2) is 0 Å². The molecular formula is C23H35N3O6. The van der Waals surface area contributed by atoms with Crippen molar-refractivity contribution in [2.45, 2.75) is 39.3 Å². The summed E-state index contributed by atoms with van der Waals surface area (Å²) in [4.78, 5) is 41.1. The molecule has 1 aliphatic heterocycles. The number of hydrogen-bond donors (Lipinski definition) is 1. The molecule has 0 fully saturated rings. The van der Waals surface area contributed by atoms with E-state index in [-0.39, 0.29) is 49.0 Å². The van der Waals surface area contributed by atoms with Crippen LogP contribution in [-0.2, 0) is 19.1 Å². The molecule has 32 heavy (non-hydrogen) atoms. The molecule has 1 N–H and O–H groups in total. The molecule has 9 heteroatoms. The van der Waals surface area contributed by atoms with Crippen LogP contribution in [0.3, 0.4) is 0 Å². The van der Waals surface area contributed by atoms with Crippen molar-refractivity contribution in [3.63, 3.8) is 0 Å². The molecule has 178 valence electrons. The van der Waals surface area contributed by atoms with Gasteiger partial charge in [-0.2, -0.15) is 0 Å². The number of carbonyl (C=O) groups is 3. The Hall–Kier alpha value is -2.65. The predicted molar refractivity (Wildman–Crippen MR) is 121 cm³/mol. The minimum atomic E-state index is -0.311. The first-order valence-corrected chi connectivity index (χ1v) is 10.8. The Balaban J connectivity index is 2.42. The van der Waals surface area contributed by atoms with Gasteiger partial charge in [-0.3, -0.25) is 14.4 Å². The van der Waals surface area contributed by atoms with Crippen LogP contribution < -0.4 is 10.1 Å². The smallest absolute Gasteiger partial charge is 0.257 e. The first-order valence-electron chi connectivity index (χ1n) is 10.8. The number of amides is 3. The first kappa shape index (κ1) is 25.6. The van der Waals surface area contributed by atoms with E-state index in [4.69, 9.17) is 14.2 Å². The Morgan fingerprint density at radius 1 is 1.22 bits per heavy atom. The number of ether oxygens (including phenoxy) is 3. The molecule has 0 spiro atoms. The van der Waals surface area contributed by atoms with Gasteiger partial charge in [-0.1, -0.05) is 13.8 Å². The van der Waals surface area contributed by atoms with Crippen LogP contribution in [0.2, 0.25) is 0 Å². The zero-order valence-electron chi connectivity index (χ0n) is 19.8. The van der Waals surface area contributed by atoms with Crippen LogP contribution in [0.5, 0.6) is 5.75 Å². The van der Waals surface area contributed by atoms with Gasteiger partial charge in [-0.15, -0.1) is 0 Å². The topological polar surface area (TPSA) is 97.4 Å². The van der Waals surface area contributed by atoms with E-state index in [1.165, 1.54) is 7.11 Å². The summed E-state index contributed by atoms with van der Waals surface area (Å²) >= 11 is 0. The van der Waals surface area contributed by atoms with E-state index in [9.17, 15) is 14.4 Å². The summed E-state index contributed by atoms with van der Waals surface area (Å²) in [6.07, 6.45) is 0.152. The lowest BCUT2D eigenvalue weighted by molar-refractivity contribution is -0.135. The zero-order valence-corrected chi connectivity index (χ0v) is 19.8. The number of methoxy groups -OCH3 is 2. The van der Waals surface area contributed by atoms with Gasteiger partial charge in [0.1, 0.15) is 19.0 Å². The summed E-state index contributed by atoms with van der Waals surface area (Å²) in [5.74, 6) is -0.126. The number of anilines is 1. The molecule has 1 heterocycles. The number of fused-ring (bicyclic) bond motifs is 1. The molecule has 0 radical (unpaired) electrons. The zero-order chi connectivity index (χ0) is 23.8. The van der Waals surface area contributed by atoms with Crippen LogP contribution >= 0.6 is 0 Å². The van der Waals surface area contributed by atoms with Gasteiger partial charge in [0.05, 0.1) is 17.7 Å². The lowest BCUT2D eigenvalue weighted by Gasteiger charge is -2.36. The van der Waals surface area contributed by atoms with E-state index < -0.39 is 0 Å². The lowest BCUT2D eigenvalue weighted by atomic mass is 10.0. The van der Waals surface area contributed by atoms with Crippen molar-refractivity contribution in [2.24, 2.45) is 5.92 Å². The number of hydrogen-bond acceptors (Lipinski definition) is 6. The fourth-order valence-corrected chi connectivity index (χ4v) is 3.73. The van der Waals surface area contributed by atoms with Gasteiger partial charge < -0.3 is 29.3 Å². The summed E-state index contributed by atoms with van der Waals surface area (Å²) in [5.41, 5.74) is 0.867. The number of nitrogens with zero attached hydrogens (tertiary/aromatic N) is 2. The van der Waals surface area contributed by atoms with Crippen LogP contribution in [0.4, 0.5) is 5.69 Å². The minimum Gasteiger partial charge on any atom is -0.491 e.